The molecule has 5 nitrogen and oxygen atoms in total. The molecule has 90 valence electrons. The minimum Gasteiger partial charge on any atom is -0.481 e. The number of hydrogen-bond acceptors (Lipinski definition) is 4. The smallest absolute Gasteiger partial charge is 0.303 e. The number of carbonyl (C=O) groups is 1. The molecule has 0 saturated carbocycles. The summed E-state index contributed by atoms with van der Waals surface area (Å²) in [7, 11) is 0. The Morgan fingerprint density at radius 3 is 3.06 bits per heavy atom. The van der Waals surface area contributed by atoms with Gasteiger partial charge in [0.1, 0.15) is 0 Å². The van der Waals surface area contributed by atoms with E-state index in [9.17, 15) is 4.79 Å². The van der Waals surface area contributed by atoms with Gasteiger partial charge in [0, 0.05) is 22.0 Å². The molecule has 0 fully saturated rings. The van der Waals surface area contributed by atoms with Crippen LogP contribution in [-0.4, -0.2) is 26.1 Å². The Morgan fingerprint density at radius 1 is 1.59 bits per heavy atom. The van der Waals surface area contributed by atoms with Crippen molar-refractivity contribution in [1.29, 1.82) is 0 Å². The Bertz CT molecular complexity index is 523. The fraction of sp³-hybridized carbons (Fsp3) is 0.300. The number of aromatic nitrogens is 3. The van der Waals surface area contributed by atoms with Crippen LogP contribution in [0.3, 0.4) is 0 Å². The number of rotatable bonds is 5. The molecule has 0 aliphatic heterocycles. The van der Waals surface area contributed by atoms with Crippen LogP contribution in [0.2, 0.25) is 0 Å². The van der Waals surface area contributed by atoms with Crippen LogP contribution in [0.25, 0.3) is 0 Å². The van der Waals surface area contributed by atoms with E-state index >= 15 is 0 Å². The number of aliphatic carboxylic acids is 1. The molecule has 0 aliphatic rings. The average Bonchev–Trinajstić information content (AvgIpc) is 2.87. The number of thiophene rings is 1. The lowest BCUT2D eigenvalue weighted by Crippen LogP contribution is -1.99. The van der Waals surface area contributed by atoms with Gasteiger partial charge in [-0.1, -0.05) is 5.21 Å². The number of nitrogens with zero attached hydrogens (tertiary/aromatic N) is 3. The van der Waals surface area contributed by atoms with Crippen LogP contribution >= 0.6 is 27.3 Å². The molecule has 2 aromatic rings. The second-order valence-electron chi connectivity index (χ2n) is 3.49. The maximum absolute atomic E-state index is 10.4. The maximum Gasteiger partial charge on any atom is 0.303 e. The first kappa shape index (κ1) is 12.3. The number of aryl methyl sites for hydroxylation is 1. The SMILES string of the molecule is O=C(O)CCc1cn(Cc2sccc2Br)nn1. The largest absolute Gasteiger partial charge is 0.481 e. The molecule has 0 aromatic carbocycles. The topological polar surface area (TPSA) is 68.0 Å². The van der Waals surface area contributed by atoms with Gasteiger partial charge in [0.05, 0.1) is 18.7 Å². The van der Waals surface area contributed by atoms with Crippen molar-refractivity contribution in [2.45, 2.75) is 19.4 Å². The van der Waals surface area contributed by atoms with Gasteiger partial charge in [-0.05, 0) is 27.4 Å². The third-order valence-corrected chi connectivity index (χ3v) is 4.09. The minimum absolute atomic E-state index is 0.0847. The third-order valence-electron chi connectivity index (χ3n) is 2.18. The van der Waals surface area contributed by atoms with Gasteiger partial charge in [0.15, 0.2) is 0 Å². The first-order valence-corrected chi connectivity index (χ1v) is 6.65. The standard InChI is InChI=1S/C10H10BrN3O2S/c11-8-3-4-17-9(8)6-14-5-7(12-13-14)1-2-10(15)16/h3-5H,1-2,6H2,(H,15,16). The number of carboxylic acids is 1. The highest BCUT2D eigenvalue weighted by molar-refractivity contribution is 9.10. The Kier molecular flexibility index (Phi) is 3.90. The quantitative estimate of drug-likeness (QED) is 0.918. The van der Waals surface area contributed by atoms with Crippen LogP contribution in [0.15, 0.2) is 22.1 Å². The van der Waals surface area contributed by atoms with Crippen molar-refractivity contribution in [3.8, 4) is 0 Å². The van der Waals surface area contributed by atoms with Gasteiger partial charge in [-0.3, -0.25) is 4.79 Å². The van der Waals surface area contributed by atoms with Crippen molar-refractivity contribution in [2.75, 3.05) is 0 Å². The maximum atomic E-state index is 10.4. The summed E-state index contributed by atoms with van der Waals surface area (Å²) in [5.41, 5.74) is 0.708. The lowest BCUT2D eigenvalue weighted by Gasteiger charge is -1.97. The van der Waals surface area contributed by atoms with Crippen LogP contribution in [0.1, 0.15) is 17.0 Å². The summed E-state index contributed by atoms with van der Waals surface area (Å²) >= 11 is 5.09. The summed E-state index contributed by atoms with van der Waals surface area (Å²) in [5, 5.41) is 18.5. The Labute approximate surface area is 110 Å². The number of halogens is 1. The monoisotopic (exact) mass is 315 g/mol. The van der Waals surface area contributed by atoms with Gasteiger partial charge in [-0.2, -0.15) is 0 Å². The van der Waals surface area contributed by atoms with E-state index in [2.05, 4.69) is 26.2 Å². The van der Waals surface area contributed by atoms with Crippen LogP contribution in [0.4, 0.5) is 0 Å². The number of hydrogen-bond donors (Lipinski definition) is 1. The van der Waals surface area contributed by atoms with E-state index in [0.29, 0.717) is 18.7 Å². The van der Waals surface area contributed by atoms with Gasteiger partial charge in [-0.25, -0.2) is 4.68 Å². The van der Waals surface area contributed by atoms with Crippen molar-refractivity contribution in [2.24, 2.45) is 0 Å². The number of carboxylic acid groups (broad SMARTS) is 1. The fourth-order valence-electron chi connectivity index (χ4n) is 1.35. The molecule has 0 bridgehead atoms. The summed E-state index contributed by atoms with van der Waals surface area (Å²) in [6.45, 7) is 0.651. The molecule has 0 saturated heterocycles. The van der Waals surface area contributed by atoms with Crippen LogP contribution in [0.5, 0.6) is 0 Å². The molecule has 2 heterocycles. The zero-order valence-electron chi connectivity index (χ0n) is 8.84. The second-order valence-corrected chi connectivity index (χ2v) is 5.35. The Balaban J connectivity index is 1.99. The molecule has 0 atom stereocenters. The van der Waals surface area contributed by atoms with Crippen molar-refractivity contribution < 1.29 is 9.90 Å². The molecule has 2 rings (SSSR count). The Morgan fingerprint density at radius 2 is 2.41 bits per heavy atom. The summed E-state index contributed by atoms with van der Waals surface area (Å²) in [6, 6.07) is 1.99. The van der Waals surface area contributed by atoms with Gasteiger partial charge < -0.3 is 5.11 Å². The summed E-state index contributed by atoms with van der Waals surface area (Å²) < 4.78 is 2.78. The molecule has 0 amide bonds. The van der Waals surface area contributed by atoms with Gasteiger partial charge in [0.2, 0.25) is 0 Å². The van der Waals surface area contributed by atoms with E-state index in [-0.39, 0.29) is 6.42 Å². The van der Waals surface area contributed by atoms with E-state index in [1.54, 1.807) is 22.2 Å². The fourth-order valence-corrected chi connectivity index (χ4v) is 2.82. The van der Waals surface area contributed by atoms with Gasteiger partial charge >= 0.3 is 5.97 Å². The molecule has 0 radical (unpaired) electrons. The van der Waals surface area contributed by atoms with Crippen LogP contribution in [-0.2, 0) is 17.8 Å². The van der Waals surface area contributed by atoms with E-state index in [0.717, 1.165) is 4.47 Å². The Hall–Kier alpha value is -1.21. The molecule has 0 unspecified atom stereocenters. The van der Waals surface area contributed by atoms with Crippen molar-refractivity contribution >= 4 is 33.2 Å². The molecule has 7 heteroatoms. The highest BCUT2D eigenvalue weighted by Crippen LogP contribution is 2.23. The molecular formula is C10H10BrN3O2S. The first-order valence-electron chi connectivity index (χ1n) is 4.98. The molecule has 1 N–H and O–H groups in total. The van der Waals surface area contributed by atoms with Crippen LogP contribution in [0, 0.1) is 0 Å². The van der Waals surface area contributed by atoms with E-state index in [1.165, 1.54) is 4.88 Å². The van der Waals surface area contributed by atoms with E-state index < -0.39 is 5.97 Å². The average molecular weight is 316 g/mol. The van der Waals surface area contributed by atoms with Crippen LogP contribution < -0.4 is 0 Å². The van der Waals surface area contributed by atoms with Crippen molar-refractivity contribution in [3.05, 3.63) is 32.7 Å². The van der Waals surface area contributed by atoms with Gasteiger partial charge in [0.25, 0.3) is 0 Å². The van der Waals surface area contributed by atoms with E-state index in [1.807, 2.05) is 11.4 Å². The summed E-state index contributed by atoms with van der Waals surface area (Å²) in [5.74, 6) is -0.819. The molecular weight excluding hydrogens is 306 g/mol. The molecule has 0 spiro atoms. The lowest BCUT2D eigenvalue weighted by atomic mass is 10.2. The predicted octanol–water partition coefficient (Wildman–Crippen LogP) is 2.17. The zero-order chi connectivity index (χ0) is 12.3. The van der Waals surface area contributed by atoms with Gasteiger partial charge in [-0.15, -0.1) is 16.4 Å². The highest BCUT2D eigenvalue weighted by Gasteiger charge is 2.06. The highest BCUT2D eigenvalue weighted by atomic mass is 79.9. The van der Waals surface area contributed by atoms with E-state index in [4.69, 9.17) is 5.11 Å². The predicted molar refractivity (Wildman–Crippen MR) is 67.1 cm³/mol. The summed E-state index contributed by atoms with van der Waals surface area (Å²) in [4.78, 5) is 11.6. The van der Waals surface area contributed by atoms with Crippen molar-refractivity contribution in [3.63, 3.8) is 0 Å². The molecule has 2 aromatic heterocycles. The second kappa shape index (κ2) is 5.42. The van der Waals surface area contributed by atoms with Crippen molar-refractivity contribution in [1.82, 2.24) is 15.0 Å². The normalized spacial score (nSPS) is 10.6. The zero-order valence-corrected chi connectivity index (χ0v) is 11.2. The summed E-state index contributed by atoms with van der Waals surface area (Å²) in [6.07, 6.45) is 2.29. The molecule has 0 aliphatic carbocycles. The molecule has 17 heavy (non-hydrogen) atoms. The third kappa shape index (κ3) is 3.37. The lowest BCUT2D eigenvalue weighted by molar-refractivity contribution is -0.136. The first-order chi connectivity index (χ1) is 8.15. The minimum atomic E-state index is -0.819.